The Bertz CT molecular complexity index is 229. The number of carboxylic acids is 1. The molecule has 0 spiro atoms. The van der Waals surface area contributed by atoms with Crippen molar-refractivity contribution in [1.82, 2.24) is 10.6 Å². The Morgan fingerprint density at radius 1 is 1.47 bits per heavy atom. The summed E-state index contributed by atoms with van der Waals surface area (Å²) in [6.07, 6.45) is 2.82. The first-order valence-corrected chi connectivity index (χ1v) is 4.93. The lowest BCUT2D eigenvalue weighted by atomic mass is 10.1. The third kappa shape index (κ3) is 7.54. The van der Waals surface area contributed by atoms with Crippen molar-refractivity contribution in [2.45, 2.75) is 19.8 Å². The van der Waals surface area contributed by atoms with Crippen molar-refractivity contribution in [2.24, 2.45) is 5.92 Å². The van der Waals surface area contributed by atoms with Crippen molar-refractivity contribution in [3.63, 3.8) is 0 Å². The van der Waals surface area contributed by atoms with Crippen LogP contribution in [0.15, 0.2) is 12.7 Å². The molecule has 1 unspecified atom stereocenters. The van der Waals surface area contributed by atoms with Crippen molar-refractivity contribution in [1.29, 1.82) is 0 Å². The summed E-state index contributed by atoms with van der Waals surface area (Å²) in [5.41, 5.74) is 0. The normalized spacial score (nSPS) is 11.5. The lowest BCUT2D eigenvalue weighted by molar-refractivity contribution is -0.141. The van der Waals surface area contributed by atoms with Gasteiger partial charge in [0.2, 0.25) is 0 Å². The largest absolute Gasteiger partial charge is 0.481 e. The second-order valence-corrected chi connectivity index (χ2v) is 3.31. The van der Waals surface area contributed by atoms with Gasteiger partial charge in [-0.2, -0.15) is 0 Å². The minimum atomic E-state index is -0.800. The van der Waals surface area contributed by atoms with Gasteiger partial charge >= 0.3 is 12.0 Å². The van der Waals surface area contributed by atoms with Crippen LogP contribution in [-0.2, 0) is 4.79 Å². The molecule has 0 aliphatic heterocycles. The highest BCUT2D eigenvalue weighted by Crippen LogP contribution is 2.03. The van der Waals surface area contributed by atoms with Gasteiger partial charge in [-0.05, 0) is 12.8 Å². The van der Waals surface area contributed by atoms with Crippen molar-refractivity contribution >= 4 is 12.0 Å². The lowest BCUT2D eigenvalue weighted by Gasteiger charge is -2.07. The van der Waals surface area contributed by atoms with Crippen LogP contribution in [0.25, 0.3) is 0 Å². The van der Waals surface area contributed by atoms with Crippen LogP contribution in [0.2, 0.25) is 0 Å². The predicted octanol–water partition coefficient (Wildman–Crippen LogP) is 0.972. The summed E-state index contributed by atoms with van der Waals surface area (Å²) in [4.78, 5) is 21.5. The van der Waals surface area contributed by atoms with Gasteiger partial charge in [0, 0.05) is 13.1 Å². The van der Waals surface area contributed by atoms with E-state index in [1.807, 2.05) is 0 Å². The summed E-state index contributed by atoms with van der Waals surface area (Å²) < 4.78 is 0. The summed E-state index contributed by atoms with van der Waals surface area (Å²) in [5.74, 6) is -1.16. The fourth-order valence-corrected chi connectivity index (χ4v) is 0.961. The summed E-state index contributed by atoms with van der Waals surface area (Å²) >= 11 is 0. The van der Waals surface area contributed by atoms with Gasteiger partial charge in [0.25, 0.3) is 0 Å². The van der Waals surface area contributed by atoms with Crippen molar-refractivity contribution < 1.29 is 14.7 Å². The quantitative estimate of drug-likeness (QED) is 0.436. The van der Waals surface area contributed by atoms with Crippen LogP contribution in [0.3, 0.4) is 0 Å². The highest BCUT2D eigenvalue weighted by Gasteiger charge is 2.09. The van der Waals surface area contributed by atoms with E-state index in [9.17, 15) is 9.59 Å². The number of urea groups is 1. The molecule has 5 heteroatoms. The Morgan fingerprint density at radius 3 is 2.67 bits per heavy atom. The number of carboxylic acid groups (broad SMARTS) is 1. The van der Waals surface area contributed by atoms with Crippen molar-refractivity contribution in [3.05, 3.63) is 12.7 Å². The van der Waals surface area contributed by atoms with Gasteiger partial charge in [-0.3, -0.25) is 4.79 Å². The third-order valence-electron chi connectivity index (χ3n) is 1.93. The van der Waals surface area contributed by atoms with Crippen LogP contribution in [0.4, 0.5) is 4.79 Å². The van der Waals surface area contributed by atoms with E-state index in [0.29, 0.717) is 25.9 Å². The average molecular weight is 214 g/mol. The molecule has 3 N–H and O–H groups in total. The number of hydrogen-bond donors (Lipinski definition) is 3. The second-order valence-electron chi connectivity index (χ2n) is 3.31. The molecule has 15 heavy (non-hydrogen) atoms. The molecule has 0 rings (SSSR count). The fraction of sp³-hybridized carbons (Fsp3) is 0.600. The van der Waals surface area contributed by atoms with Gasteiger partial charge in [-0.1, -0.05) is 13.0 Å². The first kappa shape index (κ1) is 13.5. The Hall–Kier alpha value is -1.52. The van der Waals surface area contributed by atoms with Gasteiger partial charge in [0.1, 0.15) is 0 Å². The maximum Gasteiger partial charge on any atom is 0.315 e. The van der Waals surface area contributed by atoms with Gasteiger partial charge in [0.05, 0.1) is 5.92 Å². The smallest absolute Gasteiger partial charge is 0.315 e. The zero-order chi connectivity index (χ0) is 11.7. The van der Waals surface area contributed by atoms with Gasteiger partial charge in [-0.25, -0.2) is 4.79 Å². The molecular weight excluding hydrogens is 196 g/mol. The SMILES string of the molecule is C=CCNC(=O)NCCCC(C)C(=O)O. The monoisotopic (exact) mass is 214 g/mol. The standard InChI is InChI=1S/C10H18N2O3/c1-3-6-11-10(15)12-7-4-5-8(2)9(13)14/h3,8H,1,4-7H2,2H3,(H,13,14)(H2,11,12,15). The number of hydrogen-bond acceptors (Lipinski definition) is 2. The molecule has 0 fully saturated rings. The van der Waals surface area contributed by atoms with Crippen LogP contribution in [0.5, 0.6) is 0 Å². The number of rotatable bonds is 7. The van der Waals surface area contributed by atoms with E-state index < -0.39 is 5.97 Å². The zero-order valence-corrected chi connectivity index (χ0v) is 8.95. The molecule has 0 aliphatic rings. The molecule has 0 bridgehead atoms. The molecule has 5 nitrogen and oxygen atoms in total. The third-order valence-corrected chi connectivity index (χ3v) is 1.93. The van der Waals surface area contributed by atoms with Crippen LogP contribution in [0.1, 0.15) is 19.8 Å². The minimum absolute atomic E-state index is 0.252. The number of carbonyl (C=O) groups excluding carboxylic acids is 1. The lowest BCUT2D eigenvalue weighted by Crippen LogP contribution is -2.36. The fourth-order valence-electron chi connectivity index (χ4n) is 0.961. The van der Waals surface area contributed by atoms with Crippen molar-refractivity contribution in [2.75, 3.05) is 13.1 Å². The van der Waals surface area contributed by atoms with Gasteiger partial charge < -0.3 is 15.7 Å². The number of amides is 2. The molecule has 0 saturated heterocycles. The number of carbonyl (C=O) groups is 2. The molecule has 0 aromatic rings. The highest BCUT2D eigenvalue weighted by molar-refractivity contribution is 5.73. The molecule has 0 aromatic carbocycles. The Balaban J connectivity index is 3.41. The van der Waals surface area contributed by atoms with E-state index in [4.69, 9.17) is 5.11 Å². The molecule has 2 amide bonds. The molecule has 0 saturated carbocycles. The second kappa shape index (κ2) is 7.84. The van der Waals surface area contributed by atoms with E-state index >= 15 is 0 Å². The number of aliphatic carboxylic acids is 1. The van der Waals surface area contributed by atoms with Crippen LogP contribution >= 0.6 is 0 Å². The molecule has 0 radical (unpaired) electrons. The van der Waals surface area contributed by atoms with Crippen LogP contribution < -0.4 is 10.6 Å². The van der Waals surface area contributed by atoms with Gasteiger partial charge in [0.15, 0.2) is 0 Å². The molecule has 1 atom stereocenters. The minimum Gasteiger partial charge on any atom is -0.481 e. The van der Waals surface area contributed by atoms with Crippen LogP contribution in [-0.4, -0.2) is 30.2 Å². The van der Waals surface area contributed by atoms with E-state index in [2.05, 4.69) is 17.2 Å². The number of nitrogens with one attached hydrogen (secondary N) is 2. The first-order chi connectivity index (χ1) is 7.07. The Kier molecular flexibility index (Phi) is 7.05. The topological polar surface area (TPSA) is 78.4 Å². The van der Waals surface area contributed by atoms with E-state index in [0.717, 1.165) is 0 Å². The van der Waals surface area contributed by atoms with Gasteiger partial charge in [-0.15, -0.1) is 6.58 Å². The first-order valence-electron chi connectivity index (χ1n) is 4.93. The molecule has 0 aliphatic carbocycles. The maximum atomic E-state index is 11.0. The Morgan fingerprint density at radius 2 is 2.13 bits per heavy atom. The van der Waals surface area contributed by atoms with E-state index in [1.165, 1.54) is 0 Å². The highest BCUT2D eigenvalue weighted by atomic mass is 16.4. The van der Waals surface area contributed by atoms with Crippen LogP contribution in [0, 0.1) is 5.92 Å². The van der Waals surface area contributed by atoms with E-state index in [-0.39, 0.29) is 11.9 Å². The maximum absolute atomic E-state index is 11.0. The predicted molar refractivity (Wildman–Crippen MR) is 57.6 cm³/mol. The van der Waals surface area contributed by atoms with E-state index in [1.54, 1.807) is 13.0 Å². The zero-order valence-electron chi connectivity index (χ0n) is 8.95. The molecule has 0 aromatic heterocycles. The Labute approximate surface area is 89.6 Å². The molecule has 86 valence electrons. The summed E-state index contributed by atoms with van der Waals surface area (Å²) in [7, 11) is 0. The average Bonchev–Trinajstić information content (AvgIpc) is 2.20. The molecular formula is C10H18N2O3. The summed E-state index contributed by atoms with van der Waals surface area (Å²) in [6, 6.07) is -0.252. The summed E-state index contributed by atoms with van der Waals surface area (Å²) in [6.45, 7) is 6.03. The molecule has 0 heterocycles. The van der Waals surface area contributed by atoms with Crippen molar-refractivity contribution in [3.8, 4) is 0 Å². The summed E-state index contributed by atoms with van der Waals surface area (Å²) in [5, 5.41) is 13.8.